The number of aliphatic hydroxyl groups is 4. The number of aromatic nitrogens is 1. The Balaban J connectivity index is 1.44. The number of aromatic amines is 1. The number of H-pyrrole nitrogens is 1. The fourth-order valence-electron chi connectivity index (χ4n) is 4.29. The second kappa shape index (κ2) is 8.14. The van der Waals surface area contributed by atoms with Gasteiger partial charge in [0.15, 0.2) is 0 Å². The minimum Gasteiger partial charge on any atom is -0.493 e. The van der Waals surface area contributed by atoms with Crippen LogP contribution in [0.4, 0.5) is 0 Å². The highest BCUT2D eigenvalue weighted by Crippen LogP contribution is 2.34. The molecule has 0 aliphatic carbocycles. The molecule has 0 spiro atoms. The molecule has 2 aromatic carbocycles. The Morgan fingerprint density at radius 3 is 2.77 bits per heavy atom. The van der Waals surface area contributed by atoms with E-state index in [0.29, 0.717) is 18.8 Å². The molecule has 5 N–H and O–H groups in total. The van der Waals surface area contributed by atoms with Crippen LogP contribution in [0.2, 0.25) is 0 Å². The molecule has 3 aromatic rings. The van der Waals surface area contributed by atoms with Gasteiger partial charge in [-0.2, -0.15) is 0 Å². The van der Waals surface area contributed by atoms with Crippen LogP contribution in [0.5, 0.6) is 11.5 Å². The minimum absolute atomic E-state index is 0.468. The summed E-state index contributed by atoms with van der Waals surface area (Å²) in [6.45, 7) is 0.202. The molecule has 31 heavy (non-hydrogen) atoms. The zero-order valence-corrected chi connectivity index (χ0v) is 16.8. The topological polar surface area (TPSA) is 124 Å². The number of rotatable bonds is 5. The van der Waals surface area contributed by atoms with Crippen molar-refractivity contribution in [3.05, 3.63) is 59.3 Å². The van der Waals surface area contributed by atoms with Gasteiger partial charge in [0.05, 0.1) is 13.2 Å². The molecule has 8 heteroatoms. The third kappa shape index (κ3) is 3.66. The van der Waals surface area contributed by atoms with Crippen LogP contribution in [0, 0.1) is 0 Å². The lowest BCUT2D eigenvalue weighted by atomic mass is 9.99. The van der Waals surface area contributed by atoms with E-state index in [1.54, 1.807) is 6.07 Å². The van der Waals surface area contributed by atoms with Crippen LogP contribution < -0.4 is 9.47 Å². The van der Waals surface area contributed by atoms with E-state index in [-0.39, 0.29) is 0 Å². The first-order valence-electron chi connectivity index (χ1n) is 10.4. The van der Waals surface area contributed by atoms with E-state index < -0.39 is 37.3 Å². The van der Waals surface area contributed by atoms with E-state index in [1.807, 2.05) is 18.3 Å². The maximum absolute atomic E-state index is 10.3. The van der Waals surface area contributed by atoms with Crippen LogP contribution in [0.3, 0.4) is 0 Å². The van der Waals surface area contributed by atoms with E-state index in [4.69, 9.17) is 14.2 Å². The Kier molecular flexibility index (Phi) is 5.33. The fraction of sp³-hybridized carbons (Fsp3) is 0.391. The van der Waals surface area contributed by atoms with Gasteiger partial charge in [0.25, 0.3) is 0 Å². The Bertz CT molecular complexity index is 1080. The van der Waals surface area contributed by atoms with E-state index in [0.717, 1.165) is 34.2 Å². The van der Waals surface area contributed by atoms with Crippen molar-refractivity contribution in [2.45, 2.75) is 43.5 Å². The van der Waals surface area contributed by atoms with Crippen molar-refractivity contribution in [3.63, 3.8) is 0 Å². The van der Waals surface area contributed by atoms with E-state index in [1.165, 1.54) is 5.56 Å². The lowest BCUT2D eigenvalue weighted by Gasteiger charge is -2.39. The summed E-state index contributed by atoms with van der Waals surface area (Å²) in [5.74, 6) is 1.39. The first kappa shape index (κ1) is 20.3. The smallest absolute Gasteiger partial charge is 0.229 e. The number of aliphatic hydroxyl groups excluding tert-OH is 4. The van der Waals surface area contributed by atoms with Crippen LogP contribution in [0.25, 0.3) is 10.9 Å². The van der Waals surface area contributed by atoms with Crippen molar-refractivity contribution in [3.8, 4) is 11.5 Å². The van der Waals surface area contributed by atoms with Crippen LogP contribution in [-0.4, -0.2) is 69.3 Å². The molecule has 2 aliphatic heterocycles. The van der Waals surface area contributed by atoms with Gasteiger partial charge in [-0.05, 0) is 41.3 Å². The molecule has 1 saturated heterocycles. The third-order valence-electron chi connectivity index (χ3n) is 6.00. The van der Waals surface area contributed by atoms with Crippen molar-refractivity contribution in [1.82, 2.24) is 4.98 Å². The molecule has 0 radical (unpaired) electrons. The Morgan fingerprint density at radius 2 is 1.94 bits per heavy atom. The minimum atomic E-state index is -1.49. The molecule has 164 valence electrons. The van der Waals surface area contributed by atoms with Crippen molar-refractivity contribution in [2.24, 2.45) is 0 Å². The van der Waals surface area contributed by atoms with Gasteiger partial charge in [-0.3, -0.25) is 0 Å². The van der Waals surface area contributed by atoms with Crippen molar-refractivity contribution in [2.75, 3.05) is 13.2 Å². The molecule has 5 rings (SSSR count). The molecule has 0 bridgehead atoms. The maximum atomic E-state index is 10.3. The second-order valence-electron chi connectivity index (χ2n) is 8.03. The molecular formula is C23H25NO7. The first-order valence-corrected chi connectivity index (χ1v) is 10.4. The van der Waals surface area contributed by atoms with Gasteiger partial charge in [0, 0.05) is 23.5 Å². The predicted molar refractivity (Wildman–Crippen MR) is 111 cm³/mol. The SMILES string of the molecule is OC[C@H]1O[C@@H](Oc2cccc3[nH]cc(Cc4ccc5c(c4)OCC5)c23)[C@H](O)[C@@H](O)[C@@H]1O. The number of nitrogens with one attached hydrogen (secondary N) is 1. The zero-order valence-electron chi connectivity index (χ0n) is 16.8. The number of benzene rings is 2. The largest absolute Gasteiger partial charge is 0.493 e. The summed E-state index contributed by atoms with van der Waals surface area (Å²) in [7, 11) is 0. The average molecular weight is 427 g/mol. The number of hydrogen-bond donors (Lipinski definition) is 5. The second-order valence-corrected chi connectivity index (χ2v) is 8.03. The van der Waals surface area contributed by atoms with Gasteiger partial charge in [-0.25, -0.2) is 0 Å². The summed E-state index contributed by atoms with van der Waals surface area (Å²) >= 11 is 0. The van der Waals surface area contributed by atoms with Crippen LogP contribution in [-0.2, 0) is 17.6 Å². The van der Waals surface area contributed by atoms with E-state index in [2.05, 4.69) is 23.2 Å². The summed E-state index contributed by atoms with van der Waals surface area (Å²) in [6.07, 6.45) is -3.17. The summed E-state index contributed by atoms with van der Waals surface area (Å²) in [5.41, 5.74) is 4.17. The van der Waals surface area contributed by atoms with Gasteiger partial charge in [0.1, 0.15) is 35.9 Å². The quantitative estimate of drug-likeness (QED) is 0.409. The summed E-state index contributed by atoms with van der Waals surface area (Å²) in [4.78, 5) is 3.24. The Labute approximate surface area is 178 Å². The Morgan fingerprint density at radius 1 is 1.06 bits per heavy atom. The van der Waals surface area contributed by atoms with Crippen LogP contribution >= 0.6 is 0 Å². The highest BCUT2D eigenvalue weighted by molar-refractivity contribution is 5.89. The number of hydrogen-bond acceptors (Lipinski definition) is 7. The summed E-state index contributed by atoms with van der Waals surface area (Å²) in [6, 6.07) is 11.7. The molecule has 2 aliphatic rings. The monoisotopic (exact) mass is 427 g/mol. The lowest BCUT2D eigenvalue weighted by molar-refractivity contribution is -0.277. The maximum Gasteiger partial charge on any atom is 0.229 e. The number of fused-ring (bicyclic) bond motifs is 2. The highest BCUT2D eigenvalue weighted by atomic mass is 16.7. The molecule has 3 heterocycles. The molecular weight excluding hydrogens is 402 g/mol. The van der Waals surface area contributed by atoms with Gasteiger partial charge in [-0.15, -0.1) is 0 Å². The van der Waals surface area contributed by atoms with Crippen molar-refractivity contribution in [1.29, 1.82) is 0 Å². The molecule has 1 fully saturated rings. The average Bonchev–Trinajstić information content (AvgIpc) is 3.41. The fourth-order valence-corrected chi connectivity index (χ4v) is 4.29. The third-order valence-corrected chi connectivity index (χ3v) is 6.00. The summed E-state index contributed by atoms with van der Waals surface area (Å²) < 4.78 is 17.1. The normalized spacial score (nSPS) is 27.8. The van der Waals surface area contributed by atoms with Crippen molar-refractivity contribution < 1.29 is 34.6 Å². The number of ether oxygens (including phenoxy) is 3. The predicted octanol–water partition coefficient (Wildman–Crippen LogP) is 0.872. The van der Waals surface area contributed by atoms with Gasteiger partial charge < -0.3 is 39.6 Å². The van der Waals surface area contributed by atoms with Gasteiger partial charge >= 0.3 is 0 Å². The first-order chi connectivity index (χ1) is 15.0. The van der Waals surface area contributed by atoms with Crippen molar-refractivity contribution >= 4 is 10.9 Å². The highest BCUT2D eigenvalue weighted by Gasteiger charge is 2.44. The van der Waals surface area contributed by atoms with Gasteiger partial charge in [0.2, 0.25) is 6.29 Å². The molecule has 8 nitrogen and oxygen atoms in total. The zero-order chi connectivity index (χ0) is 21.5. The lowest BCUT2D eigenvalue weighted by Crippen LogP contribution is -2.60. The Hall–Kier alpha value is -2.62. The van der Waals surface area contributed by atoms with Crippen LogP contribution in [0.1, 0.15) is 16.7 Å². The van der Waals surface area contributed by atoms with Crippen LogP contribution in [0.15, 0.2) is 42.6 Å². The molecule has 5 atom stereocenters. The van der Waals surface area contributed by atoms with E-state index >= 15 is 0 Å². The summed E-state index contributed by atoms with van der Waals surface area (Å²) in [5, 5.41) is 40.6. The molecule has 1 aromatic heterocycles. The van der Waals surface area contributed by atoms with Gasteiger partial charge in [-0.1, -0.05) is 18.2 Å². The molecule has 0 saturated carbocycles. The molecule has 0 amide bonds. The standard InChI is InChI=1S/C23H25NO7/c25-11-18-20(26)21(27)22(28)23(31-18)30-16-3-1-2-15-19(16)14(10-24-15)8-12-4-5-13-6-7-29-17(13)9-12/h1-5,9-10,18,20-28H,6-8,11H2/t18-,20-,21+,22-,23-/m1/s1. The van der Waals surface area contributed by atoms with E-state index in [9.17, 15) is 20.4 Å². The molecule has 0 unspecified atom stereocenters.